The number of epoxide rings is 1. The number of quaternary nitrogens is 1. The first-order chi connectivity index (χ1) is 6.25. The van der Waals surface area contributed by atoms with Gasteiger partial charge in [0.1, 0.15) is 11.8 Å². The Hall–Kier alpha value is -0.900. The summed E-state index contributed by atoms with van der Waals surface area (Å²) in [7, 11) is 1.60. The molecule has 1 aliphatic heterocycles. The van der Waals surface area contributed by atoms with E-state index in [2.05, 4.69) is 6.07 Å². The van der Waals surface area contributed by atoms with E-state index in [0.717, 1.165) is 12.1 Å². The number of hydrogen-bond donors (Lipinski definition) is 1. The van der Waals surface area contributed by atoms with Gasteiger partial charge in [-0.05, 0) is 17.2 Å². The molecule has 0 bridgehead atoms. The molecule has 0 radical (unpaired) electrons. The molecule has 2 aliphatic rings. The molecule has 3 nitrogen and oxygen atoms in total. The molecule has 3 rings (SSSR count). The molecule has 3 atom stereocenters. The molecule has 0 aromatic heterocycles. The lowest BCUT2D eigenvalue weighted by Gasteiger charge is -2.16. The molecule has 3 heteroatoms. The molecule has 68 valence electrons. The lowest BCUT2D eigenvalue weighted by molar-refractivity contribution is -0.751. The van der Waals surface area contributed by atoms with Gasteiger partial charge in [-0.2, -0.15) is 0 Å². The van der Waals surface area contributed by atoms with Gasteiger partial charge in [0, 0.05) is 12.5 Å². The van der Waals surface area contributed by atoms with Crippen LogP contribution in [-0.4, -0.2) is 13.2 Å². The highest BCUT2D eigenvalue weighted by atomic mass is 16.6. The quantitative estimate of drug-likeness (QED) is 0.496. The van der Waals surface area contributed by atoms with Crippen molar-refractivity contribution in [3.8, 4) is 0 Å². The minimum Gasteiger partial charge on any atom is -0.629 e. The second kappa shape index (κ2) is 2.32. The molecular formula is C10H11NO2. The Morgan fingerprint density at radius 3 is 3.15 bits per heavy atom. The monoisotopic (exact) mass is 177 g/mol. The number of fused-ring (bicyclic) bond motifs is 3. The zero-order valence-corrected chi connectivity index (χ0v) is 7.41. The van der Waals surface area contributed by atoms with Crippen LogP contribution in [0.1, 0.15) is 17.2 Å². The van der Waals surface area contributed by atoms with Gasteiger partial charge in [0.25, 0.3) is 0 Å². The summed E-state index contributed by atoms with van der Waals surface area (Å²) in [5.74, 6) is 0. The predicted molar refractivity (Wildman–Crippen MR) is 47.7 cm³/mol. The van der Waals surface area contributed by atoms with Crippen LogP contribution in [0.5, 0.6) is 0 Å². The SMILES string of the molecule is C[NH+]([O-])c1ccc2c(c1)C1OC1C2. The topological polar surface area (TPSA) is 40.0 Å². The minimum absolute atomic E-state index is 0.131. The smallest absolute Gasteiger partial charge is 0.131 e. The molecule has 13 heavy (non-hydrogen) atoms. The van der Waals surface area contributed by atoms with Crippen molar-refractivity contribution < 1.29 is 9.80 Å². The Bertz CT molecular complexity index is 362. The normalized spacial score (nSPS) is 30.9. The first-order valence-electron chi connectivity index (χ1n) is 4.55. The van der Waals surface area contributed by atoms with Gasteiger partial charge < -0.3 is 15.0 Å². The molecule has 1 heterocycles. The van der Waals surface area contributed by atoms with Gasteiger partial charge in [0.05, 0.1) is 13.2 Å². The van der Waals surface area contributed by atoms with Crippen LogP contribution < -0.4 is 5.06 Å². The molecular weight excluding hydrogens is 166 g/mol. The van der Waals surface area contributed by atoms with Crippen LogP contribution in [0.4, 0.5) is 5.69 Å². The third kappa shape index (κ3) is 1.01. The summed E-state index contributed by atoms with van der Waals surface area (Å²) < 4.78 is 5.40. The summed E-state index contributed by atoms with van der Waals surface area (Å²) in [6, 6.07) is 5.95. The van der Waals surface area contributed by atoms with Gasteiger partial charge in [0.15, 0.2) is 0 Å². The maximum absolute atomic E-state index is 11.1. The van der Waals surface area contributed by atoms with Crippen LogP contribution in [0.3, 0.4) is 0 Å². The summed E-state index contributed by atoms with van der Waals surface area (Å²) in [5.41, 5.74) is 3.39. The van der Waals surface area contributed by atoms with Crippen LogP contribution in [0.15, 0.2) is 18.2 Å². The molecule has 1 aromatic carbocycles. The number of nitrogens with one attached hydrogen (secondary N) is 1. The van der Waals surface area contributed by atoms with Crippen LogP contribution in [0.2, 0.25) is 0 Å². The molecule has 1 saturated heterocycles. The summed E-state index contributed by atoms with van der Waals surface area (Å²) in [5, 5.41) is 11.3. The first-order valence-corrected chi connectivity index (χ1v) is 4.55. The zero-order valence-electron chi connectivity index (χ0n) is 7.41. The van der Waals surface area contributed by atoms with Crippen LogP contribution >= 0.6 is 0 Å². The van der Waals surface area contributed by atoms with E-state index < -0.39 is 0 Å². The Morgan fingerprint density at radius 1 is 1.54 bits per heavy atom. The number of benzene rings is 1. The van der Waals surface area contributed by atoms with Crippen molar-refractivity contribution in [2.45, 2.75) is 18.6 Å². The standard InChI is InChI=1S/C10H11NO2/c1-11(12)7-3-2-6-4-9-10(13-9)8(6)5-7/h2-3,5,9-11H,4H2,1H3. The van der Waals surface area contributed by atoms with E-state index in [1.807, 2.05) is 12.1 Å². The minimum atomic E-state index is 0.131. The van der Waals surface area contributed by atoms with E-state index in [1.54, 1.807) is 7.05 Å². The van der Waals surface area contributed by atoms with Crippen molar-refractivity contribution in [3.05, 3.63) is 34.5 Å². The average molecular weight is 177 g/mol. The number of hydrogen-bond acceptors (Lipinski definition) is 2. The Morgan fingerprint density at radius 2 is 2.38 bits per heavy atom. The molecule has 1 N–H and O–H groups in total. The van der Waals surface area contributed by atoms with Crippen LogP contribution in [-0.2, 0) is 11.2 Å². The van der Waals surface area contributed by atoms with E-state index in [1.165, 1.54) is 11.1 Å². The maximum Gasteiger partial charge on any atom is 0.131 e. The number of ether oxygens (including phenoxy) is 1. The van der Waals surface area contributed by atoms with Gasteiger partial charge >= 0.3 is 0 Å². The lowest BCUT2D eigenvalue weighted by Crippen LogP contribution is -2.98. The van der Waals surface area contributed by atoms with E-state index in [4.69, 9.17) is 4.74 Å². The molecule has 1 aromatic rings. The van der Waals surface area contributed by atoms with Crippen LogP contribution in [0.25, 0.3) is 0 Å². The van der Waals surface area contributed by atoms with Gasteiger partial charge in [-0.15, -0.1) is 0 Å². The molecule has 0 saturated carbocycles. The van der Waals surface area contributed by atoms with E-state index in [-0.39, 0.29) is 5.06 Å². The van der Waals surface area contributed by atoms with Crippen molar-refractivity contribution in [1.29, 1.82) is 0 Å². The predicted octanol–water partition coefficient (Wildman–Crippen LogP) is 0.327. The molecule has 1 fully saturated rings. The third-order valence-electron chi connectivity index (χ3n) is 2.86. The summed E-state index contributed by atoms with van der Waals surface area (Å²) in [6.45, 7) is 0. The van der Waals surface area contributed by atoms with Crippen molar-refractivity contribution in [1.82, 2.24) is 0 Å². The van der Waals surface area contributed by atoms with Gasteiger partial charge in [-0.1, -0.05) is 6.07 Å². The second-order valence-corrected chi connectivity index (χ2v) is 3.77. The Labute approximate surface area is 76.5 Å². The summed E-state index contributed by atoms with van der Waals surface area (Å²) in [6.07, 6.45) is 1.74. The summed E-state index contributed by atoms with van der Waals surface area (Å²) >= 11 is 0. The van der Waals surface area contributed by atoms with Gasteiger partial charge in [0.2, 0.25) is 0 Å². The average Bonchev–Trinajstić information content (AvgIpc) is 2.78. The molecule has 1 aliphatic carbocycles. The van der Waals surface area contributed by atoms with Crippen molar-refractivity contribution in [2.75, 3.05) is 7.05 Å². The highest BCUT2D eigenvalue weighted by molar-refractivity contribution is 5.46. The number of hydroxylamine groups is 1. The van der Waals surface area contributed by atoms with E-state index in [0.29, 0.717) is 12.2 Å². The highest BCUT2D eigenvalue weighted by Crippen LogP contribution is 2.48. The van der Waals surface area contributed by atoms with Gasteiger partial charge in [-0.25, -0.2) is 0 Å². The van der Waals surface area contributed by atoms with Crippen molar-refractivity contribution >= 4 is 5.69 Å². The molecule has 0 amide bonds. The fraction of sp³-hybridized carbons (Fsp3) is 0.400. The van der Waals surface area contributed by atoms with Gasteiger partial charge in [-0.3, -0.25) is 0 Å². The fourth-order valence-corrected chi connectivity index (χ4v) is 2.05. The largest absolute Gasteiger partial charge is 0.629 e. The van der Waals surface area contributed by atoms with Crippen molar-refractivity contribution in [3.63, 3.8) is 0 Å². The lowest BCUT2D eigenvalue weighted by atomic mass is 10.1. The van der Waals surface area contributed by atoms with E-state index >= 15 is 0 Å². The highest BCUT2D eigenvalue weighted by Gasteiger charge is 2.47. The van der Waals surface area contributed by atoms with E-state index in [9.17, 15) is 5.21 Å². The molecule has 0 spiro atoms. The zero-order chi connectivity index (χ0) is 9.00. The number of rotatable bonds is 1. The second-order valence-electron chi connectivity index (χ2n) is 3.77. The fourth-order valence-electron chi connectivity index (χ4n) is 2.05. The molecule has 3 unspecified atom stereocenters. The Kier molecular flexibility index (Phi) is 1.34. The van der Waals surface area contributed by atoms with Crippen LogP contribution in [0, 0.1) is 5.21 Å². The maximum atomic E-state index is 11.1. The summed E-state index contributed by atoms with van der Waals surface area (Å²) in [4.78, 5) is 0. The third-order valence-corrected chi connectivity index (χ3v) is 2.86. The first kappa shape index (κ1) is 7.50. The van der Waals surface area contributed by atoms with Crippen molar-refractivity contribution in [2.24, 2.45) is 0 Å². The Balaban J connectivity index is 2.06.